The average molecular weight is 495 g/mol. The fourth-order valence-electron chi connectivity index (χ4n) is 2.04. The Morgan fingerprint density at radius 1 is 1.11 bits per heavy atom. The molecule has 1 N–H and O–H groups in total. The SMILES string of the molecule is CCNC(c1cc(Br)ccc1Br)c1ccccc1I. The van der Waals surface area contributed by atoms with Crippen molar-refractivity contribution in [1.29, 1.82) is 0 Å². The zero-order valence-electron chi connectivity index (χ0n) is 10.5. The van der Waals surface area contributed by atoms with E-state index >= 15 is 0 Å². The van der Waals surface area contributed by atoms with Gasteiger partial charge in [0.15, 0.2) is 0 Å². The molecular weight excluding hydrogens is 481 g/mol. The van der Waals surface area contributed by atoms with Crippen molar-refractivity contribution in [2.75, 3.05) is 6.54 Å². The summed E-state index contributed by atoms with van der Waals surface area (Å²) in [6, 6.07) is 15.0. The van der Waals surface area contributed by atoms with Crippen molar-refractivity contribution in [2.45, 2.75) is 13.0 Å². The van der Waals surface area contributed by atoms with Crippen LogP contribution in [-0.4, -0.2) is 6.54 Å². The van der Waals surface area contributed by atoms with Crippen LogP contribution in [0, 0.1) is 3.57 Å². The van der Waals surface area contributed by atoms with Crippen molar-refractivity contribution in [1.82, 2.24) is 5.32 Å². The topological polar surface area (TPSA) is 12.0 Å². The molecule has 1 nitrogen and oxygen atoms in total. The summed E-state index contributed by atoms with van der Waals surface area (Å²) in [6.07, 6.45) is 0. The van der Waals surface area contributed by atoms with E-state index in [4.69, 9.17) is 0 Å². The molecule has 0 aliphatic rings. The molecular formula is C15H14Br2IN. The molecule has 0 bridgehead atoms. The normalized spacial score (nSPS) is 12.4. The van der Waals surface area contributed by atoms with Gasteiger partial charge in [0, 0.05) is 12.5 Å². The van der Waals surface area contributed by atoms with Gasteiger partial charge in [-0.1, -0.05) is 57.0 Å². The molecule has 1 atom stereocenters. The molecule has 2 aromatic carbocycles. The Balaban J connectivity index is 2.51. The van der Waals surface area contributed by atoms with Crippen LogP contribution in [0.4, 0.5) is 0 Å². The summed E-state index contributed by atoms with van der Waals surface area (Å²) in [5, 5.41) is 3.57. The standard InChI is InChI=1S/C15H14Br2IN/c1-2-19-15(11-5-3-4-6-14(11)18)12-9-10(16)7-8-13(12)17/h3-9,15,19H,2H2,1H3. The van der Waals surface area contributed by atoms with Crippen LogP contribution in [0.5, 0.6) is 0 Å². The Kier molecular flexibility index (Phi) is 5.87. The molecule has 0 saturated carbocycles. The van der Waals surface area contributed by atoms with Crippen molar-refractivity contribution < 1.29 is 0 Å². The largest absolute Gasteiger partial charge is 0.306 e. The Bertz CT molecular complexity index is 572. The Hall–Kier alpha value is 0.0900. The highest BCUT2D eigenvalue weighted by molar-refractivity contribution is 14.1. The van der Waals surface area contributed by atoms with Crippen molar-refractivity contribution in [3.8, 4) is 0 Å². The highest BCUT2D eigenvalue weighted by Crippen LogP contribution is 2.32. The van der Waals surface area contributed by atoms with E-state index in [2.05, 4.69) is 103 Å². The summed E-state index contributed by atoms with van der Waals surface area (Å²) < 4.78 is 3.50. The van der Waals surface area contributed by atoms with Crippen LogP contribution in [-0.2, 0) is 0 Å². The quantitative estimate of drug-likeness (QED) is 0.552. The minimum absolute atomic E-state index is 0.199. The van der Waals surface area contributed by atoms with Gasteiger partial charge in [-0.2, -0.15) is 0 Å². The van der Waals surface area contributed by atoms with Crippen molar-refractivity contribution in [2.24, 2.45) is 0 Å². The maximum Gasteiger partial charge on any atom is 0.0598 e. The highest BCUT2D eigenvalue weighted by Gasteiger charge is 2.18. The van der Waals surface area contributed by atoms with E-state index in [9.17, 15) is 0 Å². The summed E-state index contributed by atoms with van der Waals surface area (Å²) in [5.41, 5.74) is 2.56. The second-order valence-electron chi connectivity index (χ2n) is 4.18. The molecule has 0 aliphatic heterocycles. The molecule has 0 spiro atoms. The second kappa shape index (κ2) is 7.20. The molecule has 2 rings (SSSR count). The van der Waals surface area contributed by atoms with E-state index < -0.39 is 0 Å². The van der Waals surface area contributed by atoms with E-state index in [-0.39, 0.29) is 6.04 Å². The zero-order valence-corrected chi connectivity index (χ0v) is 15.8. The molecule has 0 fully saturated rings. The van der Waals surface area contributed by atoms with Gasteiger partial charge in [0.05, 0.1) is 6.04 Å². The van der Waals surface area contributed by atoms with E-state index in [0.717, 1.165) is 15.5 Å². The summed E-state index contributed by atoms with van der Waals surface area (Å²) in [7, 11) is 0. The molecule has 2 aromatic rings. The molecule has 4 heteroatoms. The van der Waals surface area contributed by atoms with Crippen LogP contribution in [0.25, 0.3) is 0 Å². The number of halogens is 3. The Morgan fingerprint density at radius 3 is 2.53 bits per heavy atom. The molecule has 0 radical (unpaired) electrons. The monoisotopic (exact) mass is 493 g/mol. The third-order valence-corrected chi connectivity index (χ3v) is 5.09. The van der Waals surface area contributed by atoms with Gasteiger partial charge in [-0.05, 0) is 64.5 Å². The smallest absolute Gasteiger partial charge is 0.0598 e. The fraction of sp³-hybridized carbons (Fsp3) is 0.200. The van der Waals surface area contributed by atoms with E-state index in [1.165, 1.54) is 14.7 Å². The number of hydrogen-bond donors (Lipinski definition) is 1. The minimum atomic E-state index is 0.199. The van der Waals surface area contributed by atoms with Gasteiger partial charge in [0.1, 0.15) is 0 Å². The van der Waals surface area contributed by atoms with Gasteiger partial charge < -0.3 is 5.32 Å². The Morgan fingerprint density at radius 2 is 1.84 bits per heavy atom. The van der Waals surface area contributed by atoms with Gasteiger partial charge in [0.25, 0.3) is 0 Å². The second-order valence-corrected chi connectivity index (χ2v) is 7.11. The number of hydrogen-bond acceptors (Lipinski definition) is 1. The molecule has 1 unspecified atom stereocenters. The first kappa shape index (κ1) is 15.5. The predicted molar refractivity (Wildman–Crippen MR) is 96.5 cm³/mol. The van der Waals surface area contributed by atoms with Crippen molar-refractivity contribution in [3.63, 3.8) is 0 Å². The van der Waals surface area contributed by atoms with Crippen molar-refractivity contribution >= 4 is 54.5 Å². The van der Waals surface area contributed by atoms with Crippen LogP contribution in [0.15, 0.2) is 51.4 Å². The third-order valence-electron chi connectivity index (χ3n) is 2.89. The first-order valence-corrected chi connectivity index (χ1v) is 8.72. The van der Waals surface area contributed by atoms with E-state index in [1.54, 1.807) is 0 Å². The van der Waals surface area contributed by atoms with Crippen LogP contribution in [0.3, 0.4) is 0 Å². The van der Waals surface area contributed by atoms with Gasteiger partial charge in [-0.3, -0.25) is 0 Å². The minimum Gasteiger partial charge on any atom is -0.306 e. The third kappa shape index (κ3) is 3.80. The summed E-state index contributed by atoms with van der Waals surface area (Å²) in [4.78, 5) is 0. The van der Waals surface area contributed by atoms with Gasteiger partial charge in [-0.25, -0.2) is 0 Å². The molecule has 0 saturated heterocycles. The summed E-state index contributed by atoms with van der Waals surface area (Å²) in [5.74, 6) is 0. The molecule has 0 aromatic heterocycles. The fourth-order valence-corrected chi connectivity index (χ4v) is 3.59. The van der Waals surface area contributed by atoms with Gasteiger partial charge in [0.2, 0.25) is 0 Å². The van der Waals surface area contributed by atoms with Crippen LogP contribution >= 0.6 is 54.5 Å². The van der Waals surface area contributed by atoms with E-state index in [1.807, 2.05) is 6.07 Å². The lowest BCUT2D eigenvalue weighted by molar-refractivity contribution is 0.626. The molecule has 0 heterocycles. The van der Waals surface area contributed by atoms with Crippen LogP contribution < -0.4 is 5.32 Å². The lowest BCUT2D eigenvalue weighted by Crippen LogP contribution is -2.23. The van der Waals surface area contributed by atoms with Crippen LogP contribution in [0.1, 0.15) is 24.1 Å². The molecule has 19 heavy (non-hydrogen) atoms. The Labute approximate surface area is 144 Å². The first-order chi connectivity index (χ1) is 9.13. The maximum atomic E-state index is 3.66. The first-order valence-electron chi connectivity index (χ1n) is 6.06. The predicted octanol–water partition coefficient (Wildman–Crippen LogP) is 5.52. The zero-order chi connectivity index (χ0) is 13.8. The van der Waals surface area contributed by atoms with Crippen molar-refractivity contribution in [3.05, 3.63) is 66.1 Å². The van der Waals surface area contributed by atoms with Crippen LogP contribution in [0.2, 0.25) is 0 Å². The average Bonchev–Trinajstić information content (AvgIpc) is 2.40. The lowest BCUT2D eigenvalue weighted by atomic mass is 9.99. The van der Waals surface area contributed by atoms with Gasteiger partial charge in [-0.15, -0.1) is 0 Å². The molecule has 0 amide bonds. The molecule has 100 valence electrons. The highest BCUT2D eigenvalue weighted by atomic mass is 127. The maximum absolute atomic E-state index is 3.66. The summed E-state index contributed by atoms with van der Waals surface area (Å²) in [6.45, 7) is 3.06. The lowest BCUT2D eigenvalue weighted by Gasteiger charge is -2.22. The number of nitrogens with one attached hydrogen (secondary N) is 1. The van der Waals surface area contributed by atoms with Gasteiger partial charge >= 0.3 is 0 Å². The number of benzene rings is 2. The molecule has 0 aliphatic carbocycles. The summed E-state index contributed by atoms with van der Waals surface area (Å²) >= 11 is 9.61. The van der Waals surface area contributed by atoms with E-state index in [0.29, 0.717) is 0 Å². The number of rotatable bonds is 4.